The van der Waals surface area contributed by atoms with Gasteiger partial charge in [0.2, 0.25) is 6.20 Å². The van der Waals surface area contributed by atoms with Gasteiger partial charge in [0.15, 0.2) is 0 Å². The molecule has 0 aliphatic carbocycles. The molecule has 1 aromatic carbocycles. The number of anilines is 1. The van der Waals surface area contributed by atoms with Crippen molar-refractivity contribution in [1.82, 2.24) is 0 Å². The first-order valence-electron chi connectivity index (χ1n) is 7.36. The number of nitrogens with zero attached hydrogens (tertiary/aromatic N) is 2. The normalized spacial score (nSPS) is 11.6. The van der Waals surface area contributed by atoms with Crippen molar-refractivity contribution in [2.45, 2.75) is 13.8 Å². The zero-order valence-electron chi connectivity index (χ0n) is 13.1. The summed E-state index contributed by atoms with van der Waals surface area (Å²) in [5, 5.41) is 11.0. The number of allylic oxidation sites excluding steroid dienone is 2. The van der Waals surface area contributed by atoms with Crippen LogP contribution in [0.4, 0.5) is 5.69 Å². The Morgan fingerprint density at radius 3 is 2.61 bits per heavy atom. The van der Waals surface area contributed by atoms with Crippen LogP contribution in [0.5, 0.6) is 0 Å². The van der Waals surface area contributed by atoms with E-state index in [-0.39, 0.29) is 0 Å². The molecule has 0 unspecified atom stereocenters. The lowest BCUT2D eigenvalue weighted by atomic mass is 10.1. The Balaban J connectivity index is 2.37. The molecule has 0 atom stereocenters. The van der Waals surface area contributed by atoms with E-state index in [1.807, 2.05) is 18.2 Å². The van der Waals surface area contributed by atoms with E-state index in [0.717, 1.165) is 30.4 Å². The predicted octanol–water partition coefficient (Wildman–Crippen LogP) is 3.44. The third-order valence-corrected chi connectivity index (χ3v) is 3.47. The minimum atomic E-state index is -0.568. The highest BCUT2D eigenvalue weighted by Gasteiger charge is 2.07. The molecule has 1 aromatic heterocycles. The number of nitro groups is 1. The SMILES string of the molecule is CCN(CC)c1ccc2cc(/C=C/C=C/[N+](=O)[O-])c(=O)oc2c1. The number of benzene rings is 1. The summed E-state index contributed by atoms with van der Waals surface area (Å²) in [4.78, 5) is 23.8. The van der Waals surface area contributed by atoms with Crippen molar-refractivity contribution < 1.29 is 9.34 Å². The van der Waals surface area contributed by atoms with Gasteiger partial charge in [-0.1, -0.05) is 6.08 Å². The summed E-state index contributed by atoms with van der Waals surface area (Å²) in [7, 11) is 0. The van der Waals surface area contributed by atoms with Crippen molar-refractivity contribution in [3.05, 3.63) is 68.7 Å². The second kappa shape index (κ2) is 7.40. The lowest BCUT2D eigenvalue weighted by Gasteiger charge is -2.20. The Hall–Kier alpha value is -2.89. The molecular formula is C17H18N2O4. The molecule has 1 heterocycles. The monoisotopic (exact) mass is 314 g/mol. The maximum Gasteiger partial charge on any atom is 0.343 e. The minimum Gasteiger partial charge on any atom is -0.422 e. The zero-order chi connectivity index (χ0) is 16.8. The summed E-state index contributed by atoms with van der Waals surface area (Å²) < 4.78 is 5.36. The van der Waals surface area contributed by atoms with Crippen molar-refractivity contribution in [2.75, 3.05) is 18.0 Å². The number of rotatable bonds is 6. The van der Waals surface area contributed by atoms with E-state index in [9.17, 15) is 14.9 Å². The maximum atomic E-state index is 12.0. The maximum absolute atomic E-state index is 12.0. The van der Waals surface area contributed by atoms with Gasteiger partial charge in [0.05, 0.1) is 10.5 Å². The summed E-state index contributed by atoms with van der Waals surface area (Å²) in [6.07, 6.45) is 4.98. The first kappa shape index (κ1) is 16.5. The molecule has 0 radical (unpaired) electrons. The van der Waals surface area contributed by atoms with Gasteiger partial charge >= 0.3 is 5.63 Å². The third kappa shape index (κ3) is 4.06. The lowest BCUT2D eigenvalue weighted by molar-refractivity contribution is -0.402. The summed E-state index contributed by atoms with van der Waals surface area (Å²) in [5.74, 6) is 0. The molecule has 2 aromatic rings. The first-order chi connectivity index (χ1) is 11.0. The highest BCUT2D eigenvalue weighted by atomic mass is 16.6. The molecule has 0 fully saturated rings. The third-order valence-electron chi connectivity index (χ3n) is 3.47. The summed E-state index contributed by atoms with van der Waals surface area (Å²) in [6, 6.07) is 7.44. The lowest BCUT2D eigenvalue weighted by Crippen LogP contribution is -2.21. The second-order valence-electron chi connectivity index (χ2n) is 4.87. The van der Waals surface area contributed by atoms with Crippen molar-refractivity contribution in [2.24, 2.45) is 0 Å². The summed E-state index contributed by atoms with van der Waals surface area (Å²) in [6.45, 7) is 5.87. The molecule has 23 heavy (non-hydrogen) atoms. The van der Waals surface area contributed by atoms with Gasteiger partial charge in [-0.2, -0.15) is 0 Å². The smallest absolute Gasteiger partial charge is 0.343 e. The molecule has 6 heteroatoms. The molecule has 0 bridgehead atoms. The number of hydrogen-bond acceptors (Lipinski definition) is 5. The predicted molar refractivity (Wildman–Crippen MR) is 91.2 cm³/mol. The van der Waals surface area contributed by atoms with Crippen LogP contribution in [0.15, 0.2) is 51.8 Å². The van der Waals surface area contributed by atoms with Crippen LogP contribution in [-0.2, 0) is 0 Å². The molecule has 2 rings (SSSR count). The fraction of sp³-hybridized carbons (Fsp3) is 0.235. The van der Waals surface area contributed by atoms with Gasteiger partial charge in [0.1, 0.15) is 5.58 Å². The molecule has 6 nitrogen and oxygen atoms in total. The topological polar surface area (TPSA) is 76.6 Å². The van der Waals surface area contributed by atoms with Crippen LogP contribution in [0.25, 0.3) is 17.0 Å². The van der Waals surface area contributed by atoms with Crippen molar-refractivity contribution in [3.8, 4) is 0 Å². The fourth-order valence-corrected chi connectivity index (χ4v) is 2.30. The Bertz CT molecular complexity index is 817. The van der Waals surface area contributed by atoms with Crippen LogP contribution < -0.4 is 10.5 Å². The largest absolute Gasteiger partial charge is 0.422 e. The highest BCUT2D eigenvalue weighted by Crippen LogP contribution is 2.22. The minimum absolute atomic E-state index is 0.348. The van der Waals surface area contributed by atoms with Crippen molar-refractivity contribution in [1.29, 1.82) is 0 Å². The van der Waals surface area contributed by atoms with Crippen LogP contribution in [-0.4, -0.2) is 18.0 Å². The van der Waals surface area contributed by atoms with Crippen LogP contribution in [0.3, 0.4) is 0 Å². The average molecular weight is 314 g/mol. The second-order valence-corrected chi connectivity index (χ2v) is 4.87. The molecule has 0 aliphatic rings. The van der Waals surface area contributed by atoms with Gasteiger partial charge in [0.25, 0.3) is 0 Å². The van der Waals surface area contributed by atoms with E-state index >= 15 is 0 Å². The van der Waals surface area contributed by atoms with E-state index in [0.29, 0.717) is 11.1 Å². The molecule has 0 amide bonds. The Labute approximate surface area is 133 Å². The van der Waals surface area contributed by atoms with Crippen LogP contribution in [0.1, 0.15) is 19.4 Å². The molecule has 0 N–H and O–H groups in total. The van der Waals surface area contributed by atoms with Gasteiger partial charge in [-0.05, 0) is 38.1 Å². The molecule has 0 aliphatic heterocycles. The Morgan fingerprint density at radius 1 is 1.22 bits per heavy atom. The van der Waals surface area contributed by atoms with E-state index < -0.39 is 10.5 Å². The molecule has 0 saturated heterocycles. The quantitative estimate of drug-likeness (QED) is 0.353. The molecule has 0 saturated carbocycles. The Kier molecular flexibility index (Phi) is 5.30. The van der Waals surface area contributed by atoms with Crippen LogP contribution in [0.2, 0.25) is 0 Å². The summed E-state index contributed by atoms with van der Waals surface area (Å²) in [5.41, 5.74) is 1.40. The van der Waals surface area contributed by atoms with Crippen LogP contribution in [0, 0.1) is 10.1 Å². The number of fused-ring (bicyclic) bond motifs is 1. The molecule has 120 valence electrons. The average Bonchev–Trinajstić information content (AvgIpc) is 2.52. The van der Waals surface area contributed by atoms with Crippen molar-refractivity contribution >= 4 is 22.7 Å². The van der Waals surface area contributed by atoms with E-state index in [1.165, 1.54) is 18.2 Å². The fourth-order valence-electron chi connectivity index (χ4n) is 2.30. The number of hydrogen-bond donors (Lipinski definition) is 0. The van der Waals surface area contributed by atoms with Gasteiger partial charge in [0, 0.05) is 36.3 Å². The zero-order valence-corrected chi connectivity index (χ0v) is 13.1. The van der Waals surface area contributed by atoms with E-state index in [2.05, 4.69) is 18.7 Å². The van der Waals surface area contributed by atoms with Gasteiger partial charge in [-0.15, -0.1) is 0 Å². The van der Waals surface area contributed by atoms with E-state index in [1.54, 1.807) is 6.07 Å². The Morgan fingerprint density at radius 2 is 1.96 bits per heavy atom. The van der Waals surface area contributed by atoms with Gasteiger partial charge < -0.3 is 9.32 Å². The standard InChI is InChI=1S/C17H18N2O4/c1-3-18(4-2)15-9-8-13-11-14(7-5-6-10-19(21)22)17(20)23-16(13)12-15/h5-12H,3-4H2,1-2H3/b7-5+,10-6+. The van der Waals surface area contributed by atoms with E-state index in [4.69, 9.17) is 4.42 Å². The first-order valence-corrected chi connectivity index (χ1v) is 7.36. The van der Waals surface area contributed by atoms with Gasteiger partial charge in [-0.3, -0.25) is 10.1 Å². The summed E-state index contributed by atoms with van der Waals surface area (Å²) >= 11 is 0. The van der Waals surface area contributed by atoms with Crippen LogP contribution >= 0.6 is 0 Å². The van der Waals surface area contributed by atoms with Crippen molar-refractivity contribution in [3.63, 3.8) is 0 Å². The highest BCUT2D eigenvalue weighted by molar-refractivity contribution is 5.82. The molecular weight excluding hydrogens is 296 g/mol. The molecule has 0 spiro atoms. The van der Waals surface area contributed by atoms with Gasteiger partial charge in [-0.25, -0.2) is 4.79 Å².